The van der Waals surface area contributed by atoms with E-state index in [-0.39, 0.29) is 5.96 Å². The molecule has 0 saturated heterocycles. The van der Waals surface area contributed by atoms with Crippen LogP contribution in [0, 0.1) is 0 Å². The van der Waals surface area contributed by atoms with Gasteiger partial charge in [-0.25, -0.2) is 4.79 Å². The smallest absolute Gasteiger partial charge is 0.348 e. The maximum absolute atomic E-state index is 11.3. The Hall–Kier alpha value is -2.63. The van der Waals surface area contributed by atoms with E-state index in [1.807, 2.05) is 24.3 Å². The molecule has 0 saturated carbocycles. The van der Waals surface area contributed by atoms with Crippen LogP contribution in [0.5, 0.6) is 0 Å². The van der Waals surface area contributed by atoms with E-state index in [0.29, 0.717) is 5.69 Å². The van der Waals surface area contributed by atoms with E-state index in [4.69, 9.17) is 11.5 Å². The molecule has 0 bridgehead atoms. The summed E-state index contributed by atoms with van der Waals surface area (Å²) in [6.45, 7) is 0. The highest BCUT2D eigenvalue weighted by Gasteiger charge is 2.01. The van der Waals surface area contributed by atoms with Gasteiger partial charge in [-0.15, -0.1) is 0 Å². The zero-order valence-corrected chi connectivity index (χ0v) is 8.92. The molecular formula is C11H11N5O. The number of rotatable bonds is 1. The van der Waals surface area contributed by atoms with E-state index < -0.39 is 6.03 Å². The summed E-state index contributed by atoms with van der Waals surface area (Å²) in [5.74, 6) is -0.281. The van der Waals surface area contributed by atoms with Crippen molar-refractivity contribution in [3.8, 4) is 0 Å². The summed E-state index contributed by atoms with van der Waals surface area (Å²) in [7, 11) is 0. The van der Waals surface area contributed by atoms with E-state index in [1.54, 1.807) is 12.3 Å². The molecule has 1 heterocycles. The number of anilines is 1. The first-order chi connectivity index (χ1) is 8.15. The third kappa shape index (κ3) is 2.69. The second kappa shape index (κ2) is 4.48. The second-order valence-electron chi connectivity index (χ2n) is 3.38. The quantitative estimate of drug-likeness (QED) is 0.501. The normalized spacial score (nSPS) is 9.88. The number of aliphatic imine (C=N–C) groups is 1. The van der Waals surface area contributed by atoms with Gasteiger partial charge in [0.05, 0.1) is 17.4 Å². The van der Waals surface area contributed by atoms with Crippen molar-refractivity contribution in [3.05, 3.63) is 36.5 Å². The highest BCUT2D eigenvalue weighted by molar-refractivity contribution is 5.98. The fraction of sp³-hybridized carbons (Fsp3) is 0. The number of fused-ring (bicyclic) bond motifs is 1. The van der Waals surface area contributed by atoms with Crippen molar-refractivity contribution < 1.29 is 4.79 Å². The Bertz CT molecular complexity index is 589. The first kappa shape index (κ1) is 10.9. The molecule has 6 heteroatoms. The van der Waals surface area contributed by atoms with Crippen molar-refractivity contribution in [2.75, 3.05) is 5.32 Å². The highest BCUT2D eigenvalue weighted by atomic mass is 16.2. The molecule has 0 fully saturated rings. The van der Waals surface area contributed by atoms with Crippen LogP contribution in [-0.2, 0) is 0 Å². The van der Waals surface area contributed by atoms with Crippen LogP contribution in [0.2, 0.25) is 0 Å². The van der Waals surface area contributed by atoms with E-state index >= 15 is 0 Å². The van der Waals surface area contributed by atoms with Crippen LogP contribution >= 0.6 is 0 Å². The first-order valence-corrected chi connectivity index (χ1v) is 4.90. The molecule has 0 aliphatic heterocycles. The summed E-state index contributed by atoms with van der Waals surface area (Å²) >= 11 is 0. The van der Waals surface area contributed by atoms with E-state index in [9.17, 15) is 4.79 Å². The van der Waals surface area contributed by atoms with Crippen LogP contribution in [-0.4, -0.2) is 17.0 Å². The molecule has 5 N–H and O–H groups in total. The zero-order valence-electron chi connectivity index (χ0n) is 8.92. The highest BCUT2D eigenvalue weighted by Crippen LogP contribution is 2.15. The second-order valence-corrected chi connectivity index (χ2v) is 3.38. The number of hydrogen-bond donors (Lipinski definition) is 3. The number of urea groups is 1. The van der Waals surface area contributed by atoms with Gasteiger partial charge in [-0.05, 0) is 12.1 Å². The van der Waals surface area contributed by atoms with Crippen molar-refractivity contribution >= 4 is 28.6 Å². The number of guanidine groups is 1. The van der Waals surface area contributed by atoms with E-state index in [1.165, 1.54) is 0 Å². The van der Waals surface area contributed by atoms with Crippen LogP contribution in [0.15, 0.2) is 41.5 Å². The lowest BCUT2D eigenvalue weighted by Crippen LogP contribution is -2.25. The average molecular weight is 229 g/mol. The SMILES string of the molecule is NC(N)=NC(=O)Nc1cnc2ccccc2c1. The minimum Gasteiger partial charge on any atom is -0.370 e. The molecule has 0 radical (unpaired) electrons. The maximum Gasteiger partial charge on any atom is 0.348 e. The molecule has 17 heavy (non-hydrogen) atoms. The minimum absolute atomic E-state index is 0.281. The molecule has 0 atom stereocenters. The maximum atomic E-state index is 11.3. The third-order valence-electron chi connectivity index (χ3n) is 2.07. The molecule has 1 aromatic heterocycles. The first-order valence-electron chi connectivity index (χ1n) is 4.90. The lowest BCUT2D eigenvalue weighted by Gasteiger charge is -2.03. The zero-order chi connectivity index (χ0) is 12.3. The topological polar surface area (TPSA) is 106 Å². The van der Waals surface area contributed by atoms with Crippen LogP contribution in [0.3, 0.4) is 0 Å². The molecule has 2 aromatic rings. The molecule has 0 spiro atoms. The third-order valence-corrected chi connectivity index (χ3v) is 2.07. The molecule has 0 aliphatic carbocycles. The summed E-state index contributed by atoms with van der Waals surface area (Å²) in [5.41, 5.74) is 11.6. The minimum atomic E-state index is -0.623. The van der Waals surface area contributed by atoms with Crippen molar-refractivity contribution in [2.45, 2.75) is 0 Å². The fourth-order valence-corrected chi connectivity index (χ4v) is 1.41. The van der Waals surface area contributed by atoms with Gasteiger partial charge in [0.1, 0.15) is 0 Å². The van der Waals surface area contributed by atoms with Crippen LogP contribution in [0.1, 0.15) is 0 Å². The number of amides is 2. The predicted molar refractivity (Wildman–Crippen MR) is 66.6 cm³/mol. The predicted octanol–water partition coefficient (Wildman–Crippen LogP) is 1.04. The van der Waals surface area contributed by atoms with Gasteiger partial charge in [-0.3, -0.25) is 4.98 Å². The lowest BCUT2D eigenvalue weighted by atomic mass is 10.2. The molecular weight excluding hydrogens is 218 g/mol. The van der Waals surface area contributed by atoms with Crippen molar-refractivity contribution in [1.82, 2.24) is 4.98 Å². The number of pyridine rings is 1. The van der Waals surface area contributed by atoms with Gasteiger partial charge in [0.25, 0.3) is 0 Å². The standard InChI is InChI=1S/C11H11N5O/c12-10(13)16-11(17)15-8-5-7-3-1-2-4-9(7)14-6-8/h1-6H,(H5,12,13,15,16,17). The van der Waals surface area contributed by atoms with Crippen molar-refractivity contribution in [2.24, 2.45) is 16.5 Å². The fourth-order valence-electron chi connectivity index (χ4n) is 1.41. The number of benzene rings is 1. The van der Waals surface area contributed by atoms with Gasteiger partial charge in [-0.2, -0.15) is 4.99 Å². The average Bonchev–Trinajstić information content (AvgIpc) is 2.27. The molecule has 1 aromatic carbocycles. The summed E-state index contributed by atoms with van der Waals surface area (Å²) in [4.78, 5) is 18.8. The Balaban J connectivity index is 2.25. The van der Waals surface area contributed by atoms with Crippen LogP contribution in [0.25, 0.3) is 10.9 Å². The van der Waals surface area contributed by atoms with Gasteiger partial charge >= 0.3 is 6.03 Å². The number of nitrogens with zero attached hydrogens (tertiary/aromatic N) is 2. The van der Waals surface area contributed by atoms with Gasteiger partial charge < -0.3 is 16.8 Å². The Morgan fingerprint density at radius 3 is 2.82 bits per heavy atom. The number of carbonyl (C=O) groups is 1. The molecule has 86 valence electrons. The summed E-state index contributed by atoms with van der Waals surface area (Å²) in [5, 5.41) is 3.44. The Labute approximate surface area is 97.3 Å². The van der Waals surface area contributed by atoms with Crippen molar-refractivity contribution in [3.63, 3.8) is 0 Å². The Morgan fingerprint density at radius 2 is 2.06 bits per heavy atom. The molecule has 0 unspecified atom stereocenters. The lowest BCUT2D eigenvalue weighted by molar-refractivity contribution is 0.259. The Kier molecular flexibility index (Phi) is 2.87. The molecule has 0 aliphatic rings. The number of para-hydroxylation sites is 1. The molecule has 2 amide bonds. The van der Waals surface area contributed by atoms with Gasteiger partial charge in [0, 0.05) is 5.39 Å². The number of aromatic nitrogens is 1. The molecule has 6 nitrogen and oxygen atoms in total. The number of nitrogens with two attached hydrogens (primary N) is 2. The van der Waals surface area contributed by atoms with Gasteiger partial charge in [0.15, 0.2) is 5.96 Å². The van der Waals surface area contributed by atoms with E-state index in [2.05, 4.69) is 15.3 Å². The van der Waals surface area contributed by atoms with E-state index in [0.717, 1.165) is 10.9 Å². The summed E-state index contributed by atoms with van der Waals surface area (Å²) in [6, 6.07) is 8.75. The largest absolute Gasteiger partial charge is 0.370 e. The monoisotopic (exact) mass is 229 g/mol. The van der Waals surface area contributed by atoms with Gasteiger partial charge in [0.2, 0.25) is 0 Å². The van der Waals surface area contributed by atoms with Gasteiger partial charge in [-0.1, -0.05) is 18.2 Å². The van der Waals surface area contributed by atoms with Crippen molar-refractivity contribution in [1.29, 1.82) is 0 Å². The number of carbonyl (C=O) groups excluding carboxylic acids is 1. The van der Waals surface area contributed by atoms with Crippen LogP contribution in [0.4, 0.5) is 10.5 Å². The number of hydrogen-bond acceptors (Lipinski definition) is 2. The number of nitrogens with one attached hydrogen (secondary N) is 1. The summed E-state index contributed by atoms with van der Waals surface area (Å²) in [6.07, 6.45) is 1.54. The summed E-state index contributed by atoms with van der Waals surface area (Å²) < 4.78 is 0. The van der Waals surface area contributed by atoms with Crippen LogP contribution < -0.4 is 16.8 Å². The Morgan fingerprint density at radius 1 is 1.29 bits per heavy atom. The molecule has 2 rings (SSSR count).